The van der Waals surface area contributed by atoms with Gasteiger partial charge in [0.25, 0.3) is 5.91 Å². The minimum atomic E-state index is -3.83. The zero-order valence-electron chi connectivity index (χ0n) is 18.1. The Hall–Kier alpha value is -3.11. The lowest BCUT2D eigenvalue weighted by atomic mass is 10.1. The molecule has 3 aromatic carbocycles. The zero-order valence-corrected chi connectivity index (χ0v) is 20.5. The van der Waals surface area contributed by atoms with Gasteiger partial charge in [0.05, 0.1) is 44.0 Å². The fourth-order valence-corrected chi connectivity index (χ4v) is 4.39. The van der Waals surface area contributed by atoms with Crippen molar-refractivity contribution in [3.05, 3.63) is 82.1 Å². The number of methoxy groups -OCH3 is 2. The van der Waals surface area contributed by atoms with Crippen molar-refractivity contribution in [3.8, 4) is 11.5 Å². The molecule has 33 heavy (non-hydrogen) atoms. The second kappa shape index (κ2) is 10.2. The van der Waals surface area contributed by atoms with E-state index in [-0.39, 0.29) is 35.0 Å². The molecule has 1 amide bonds. The van der Waals surface area contributed by atoms with Gasteiger partial charge in [-0.2, -0.15) is 0 Å². The molecule has 0 spiro atoms. The van der Waals surface area contributed by atoms with E-state index in [0.717, 1.165) is 10.6 Å². The van der Waals surface area contributed by atoms with Crippen molar-refractivity contribution in [2.75, 3.05) is 30.1 Å². The van der Waals surface area contributed by atoms with Crippen molar-refractivity contribution >= 4 is 43.2 Å². The molecule has 0 heterocycles. The van der Waals surface area contributed by atoms with Gasteiger partial charge in [-0.05, 0) is 29.8 Å². The molecule has 0 aromatic heterocycles. The Bertz CT molecular complexity index is 1270. The number of ether oxygens (including phenoxy) is 2. The van der Waals surface area contributed by atoms with Crippen LogP contribution in [0.2, 0.25) is 0 Å². The van der Waals surface area contributed by atoms with Crippen LogP contribution < -0.4 is 19.1 Å². The summed E-state index contributed by atoms with van der Waals surface area (Å²) in [6, 6.07) is 15.9. The van der Waals surface area contributed by atoms with Crippen LogP contribution in [0.25, 0.3) is 0 Å². The number of benzene rings is 3. The first-order valence-corrected chi connectivity index (χ1v) is 12.3. The first-order chi connectivity index (χ1) is 15.6. The minimum Gasteiger partial charge on any atom is -0.493 e. The largest absolute Gasteiger partial charge is 0.493 e. The average molecular weight is 537 g/mol. The van der Waals surface area contributed by atoms with Crippen LogP contribution >= 0.6 is 15.9 Å². The van der Waals surface area contributed by atoms with Crippen LogP contribution in [0.4, 0.5) is 15.8 Å². The maximum absolute atomic E-state index is 14.3. The van der Waals surface area contributed by atoms with Gasteiger partial charge in [-0.15, -0.1) is 0 Å². The number of carbonyl (C=O) groups excluding carboxylic acids is 1. The highest BCUT2D eigenvalue weighted by Crippen LogP contribution is 2.37. The quantitative estimate of drug-likeness (QED) is 0.446. The van der Waals surface area contributed by atoms with Crippen LogP contribution in [0, 0.1) is 5.82 Å². The third-order valence-corrected chi connectivity index (χ3v) is 6.38. The molecule has 0 radical (unpaired) electrons. The Labute approximate surface area is 200 Å². The molecule has 0 unspecified atom stereocenters. The van der Waals surface area contributed by atoms with Gasteiger partial charge in [0.15, 0.2) is 11.5 Å². The summed E-state index contributed by atoms with van der Waals surface area (Å²) >= 11 is 3.17. The first-order valence-electron chi connectivity index (χ1n) is 9.68. The molecule has 0 aliphatic rings. The number of anilines is 2. The number of nitrogens with one attached hydrogen (secondary N) is 1. The second-order valence-corrected chi connectivity index (χ2v) is 9.88. The van der Waals surface area contributed by atoms with E-state index in [0.29, 0.717) is 10.0 Å². The first kappa shape index (κ1) is 24.5. The fourth-order valence-electron chi connectivity index (χ4n) is 3.17. The van der Waals surface area contributed by atoms with Crippen LogP contribution in [0.15, 0.2) is 65.1 Å². The highest BCUT2D eigenvalue weighted by molar-refractivity contribution is 9.10. The van der Waals surface area contributed by atoms with Gasteiger partial charge >= 0.3 is 0 Å². The summed E-state index contributed by atoms with van der Waals surface area (Å²) in [5.74, 6) is -0.908. The number of carbonyl (C=O) groups is 1. The van der Waals surface area contributed by atoms with E-state index in [1.165, 1.54) is 38.5 Å². The Morgan fingerprint density at radius 3 is 2.24 bits per heavy atom. The van der Waals surface area contributed by atoms with Gasteiger partial charge in [-0.3, -0.25) is 9.10 Å². The molecule has 10 heteroatoms. The van der Waals surface area contributed by atoms with Gasteiger partial charge in [0.1, 0.15) is 5.82 Å². The van der Waals surface area contributed by atoms with Crippen molar-refractivity contribution in [1.82, 2.24) is 0 Å². The SMILES string of the molecule is COc1cc(C(=O)Nc2ccc(Br)cc2F)c(N(Cc2ccccc2)S(C)(=O)=O)cc1OC. The smallest absolute Gasteiger partial charge is 0.258 e. The van der Waals surface area contributed by atoms with Crippen molar-refractivity contribution in [1.29, 1.82) is 0 Å². The Morgan fingerprint density at radius 1 is 1.03 bits per heavy atom. The monoisotopic (exact) mass is 536 g/mol. The molecule has 3 aromatic rings. The van der Waals surface area contributed by atoms with E-state index in [9.17, 15) is 17.6 Å². The molecule has 0 aliphatic heterocycles. The average Bonchev–Trinajstić information content (AvgIpc) is 2.78. The van der Waals surface area contributed by atoms with Gasteiger partial charge in [-0.1, -0.05) is 46.3 Å². The third kappa shape index (κ3) is 5.82. The summed E-state index contributed by atoms with van der Waals surface area (Å²) in [6.07, 6.45) is 1.04. The number of rotatable bonds is 8. The summed E-state index contributed by atoms with van der Waals surface area (Å²) in [7, 11) is -1.03. The third-order valence-electron chi connectivity index (χ3n) is 4.76. The van der Waals surface area contributed by atoms with E-state index >= 15 is 0 Å². The molecule has 3 rings (SSSR count). The zero-order chi connectivity index (χ0) is 24.2. The number of sulfonamides is 1. The van der Waals surface area contributed by atoms with Gasteiger partial charge in [0.2, 0.25) is 10.0 Å². The second-order valence-electron chi connectivity index (χ2n) is 7.06. The molecule has 0 saturated carbocycles. The summed E-state index contributed by atoms with van der Waals surface area (Å²) in [5, 5.41) is 2.50. The van der Waals surface area contributed by atoms with Crippen LogP contribution in [0.1, 0.15) is 15.9 Å². The molecule has 0 atom stereocenters. The number of hydrogen-bond acceptors (Lipinski definition) is 5. The standard InChI is InChI=1S/C23H22BrFN2O5S/c1-31-21-12-17(23(28)26-19-10-9-16(24)11-18(19)25)20(13-22(21)32-2)27(33(3,29)30)14-15-7-5-4-6-8-15/h4-13H,14H2,1-3H3,(H,26,28). The molecule has 174 valence electrons. The van der Waals surface area contributed by atoms with Crippen molar-refractivity contribution in [3.63, 3.8) is 0 Å². The minimum absolute atomic E-state index is 0.0257. The Balaban J connectivity index is 2.14. The fraction of sp³-hybridized carbons (Fsp3) is 0.174. The van der Waals surface area contributed by atoms with Crippen molar-refractivity contribution in [2.24, 2.45) is 0 Å². The summed E-state index contributed by atoms with van der Waals surface area (Å²) in [5.41, 5.74) is 0.686. The molecule has 0 aliphatic carbocycles. The van der Waals surface area contributed by atoms with Crippen LogP contribution in [0.5, 0.6) is 11.5 Å². The molecule has 1 N–H and O–H groups in total. The molecule has 0 bridgehead atoms. The predicted octanol–water partition coefficient (Wildman–Crippen LogP) is 4.82. The predicted molar refractivity (Wildman–Crippen MR) is 129 cm³/mol. The topological polar surface area (TPSA) is 84.9 Å². The van der Waals surface area contributed by atoms with E-state index in [2.05, 4.69) is 21.2 Å². The van der Waals surface area contributed by atoms with E-state index in [4.69, 9.17) is 9.47 Å². The summed E-state index contributed by atoms with van der Waals surface area (Å²) in [6.45, 7) is -0.0257. The highest BCUT2D eigenvalue weighted by Gasteiger charge is 2.27. The Morgan fingerprint density at radius 2 is 1.67 bits per heavy atom. The molecular formula is C23H22BrFN2O5S. The van der Waals surface area contributed by atoms with E-state index in [1.54, 1.807) is 30.3 Å². The Kier molecular flexibility index (Phi) is 7.60. The van der Waals surface area contributed by atoms with Gasteiger partial charge in [-0.25, -0.2) is 12.8 Å². The van der Waals surface area contributed by atoms with Gasteiger partial charge < -0.3 is 14.8 Å². The number of nitrogens with zero attached hydrogens (tertiary/aromatic N) is 1. The van der Waals surface area contributed by atoms with Gasteiger partial charge in [0, 0.05) is 10.5 Å². The molecular weight excluding hydrogens is 515 g/mol. The maximum atomic E-state index is 14.3. The molecule has 0 saturated heterocycles. The molecule has 0 fully saturated rings. The number of halogens is 2. The van der Waals surface area contributed by atoms with Crippen LogP contribution in [-0.4, -0.2) is 34.8 Å². The maximum Gasteiger partial charge on any atom is 0.258 e. The highest BCUT2D eigenvalue weighted by atomic mass is 79.9. The van der Waals surface area contributed by atoms with Crippen molar-refractivity contribution in [2.45, 2.75) is 6.54 Å². The lowest BCUT2D eigenvalue weighted by Crippen LogP contribution is -2.31. The molecule has 7 nitrogen and oxygen atoms in total. The number of amides is 1. The van der Waals surface area contributed by atoms with Crippen molar-refractivity contribution < 1.29 is 27.1 Å². The van der Waals surface area contributed by atoms with E-state index < -0.39 is 21.7 Å². The summed E-state index contributed by atoms with van der Waals surface area (Å²) in [4.78, 5) is 13.2. The number of hydrogen-bond donors (Lipinski definition) is 1. The normalized spacial score (nSPS) is 11.1. The lowest BCUT2D eigenvalue weighted by Gasteiger charge is -2.26. The van der Waals surface area contributed by atoms with Crippen LogP contribution in [-0.2, 0) is 16.6 Å². The van der Waals surface area contributed by atoms with Crippen LogP contribution in [0.3, 0.4) is 0 Å². The van der Waals surface area contributed by atoms with E-state index in [1.807, 2.05) is 6.07 Å². The lowest BCUT2D eigenvalue weighted by molar-refractivity contribution is 0.102. The summed E-state index contributed by atoms with van der Waals surface area (Å²) < 4.78 is 52.1.